The Morgan fingerprint density at radius 2 is 1.63 bits per heavy atom. The first kappa shape index (κ1) is 16.3. The second-order valence-electron chi connectivity index (χ2n) is 4.50. The number of rotatable bonds is 5. The number of ether oxygens (including phenoxy) is 2. The number of halogens is 1. The van der Waals surface area contributed by atoms with Crippen molar-refractivity contribution < 1.29 is 17.9 Å². The first-order chi connectivity index (χ1) is 8.72. The Bertz CT molecular complexity index is 554. The number of alkyl halides is 1. The quantitative estimate of drug-likeness (QED) is 0.766. The molecule has 0 saturated heterocycles. The molecule has 1 aromatic rings. The number of sulfone groups is 1. The lowest BCUT2D eigenvalue weighted by Crippen LogP contribution is -2.21. The summed E-state index contributed by atoms with van der Waals surface area (Å²) in [7, 11) is 0.00572. The molecular formula is C13H19BrO4S. The Balaban J connectivity index is 3.28. The number of hydrogen-bond donors (Lipinski definition) is 0. The van der Waals surface area contributed by atoms with Crippen LogP contribution in [0.15, 0.2) is 12.1 Å². The predicted molar refractivity (Wildman–Crippen MR) is 80.3 cm³/mol. The summed E-state index contributed by atoms with van der Waals surface area (Å²) >= 11 is 3.47. The zero-order chi connectivity index (χ0) is 14.8. The fourth-order valence-electron chi connectivity index (χ4n) is 1.76. The van der Waals surface area contributed by atoms with Crippen LogP contribution in [0, 0.1) is 6.92 Å². The van der Waals surface area contributed by atoms with Crippen LogP contribution in [0.25, 0.3) is 0 Å². The molecule has 2 atom stereocenters. The Morgan fingerprint density at radius 3 is 2.05 bits per heavy atom. The highest BCUT2D eigenvalue weighted by Crippen LogP contribution is 2.38. The smallest absolute Gasteiger partial charge is 0.161 e. The van der Waals surface area contributed by atoms with E-state index in [0.29, 0.717) is 11.5 Å². The van der Waals surface area contributed by atoms with Crippen molar-refractivity contribution in [1.82, 2.24) is 0 Å². The normalized spacial score (nSPS) is 14.8. The van der Waals surface area contributed by atoms with E-state index in [2.05, 4.69) is 15.9 Å². The summed E-state index contributed by atoms with van der Waals surface area (Å²) in [5.74, 6) is 1.23. The molecule has 0 saturated carbocycles. The molecule has 0 aliphatic heterocycles. The minimum absolute atomic E-state index is 0.290. The average Bonchev–Trinajstić information content (AvgIpc) is 2.35. The van der Waals surface area contributed by atoms with E-state index in [9.17, 15) is 8.42 Å². The zero-order valence-corrected chi connectivity index (χ0v) is 14.1. The van der Waals surface area contributed by atoms with Crippen LogP contribution in [0.1, 0.15) is 22.9 Å². The average molecular weight is 351 g/mol. The molecule has 2 unspecified atom stereocenters. The maximum Gasteiger partial charge on any atom is 0.161 e. The Labute approximate surface area is 123 Å². The maximum atomic E-state index is 11.6. The van der Waals surface area contributed by atoms with Gasteiger partial charge in [-0.05, 0) is 37.1 Å². The molecule has 0 fully saturated rings. The van der Waals surface area contributed by atoms with Gasteiger partial charge in [0.2, 0.25) is 0 Å². The van der Waals surface area contributed by atoms with Gasteiger partial charge >= 0.3 is 0 Å². The second-order valence-corrected chi connectivity index (χ2v) is 7.89. The van der Waals surface area contributed by atoms with Crippen molar-refractivity contribution in [2.75, 3.05) is 20.5 Å². The van der Waals surface area contributed by atoms with Crippen molar-refractivity contribution in [2.45, 2.75) is 23.9 Å². The topological polar surface area (TPSA) is 52.6 Å². The van der Waals surface area contributed by atoms with Crippen LogP contribution < -0.4 is 9.47 Å². The van der Waals surface area contributed by atoms with Crippen LogP contribution >= 0.6 is 15.9 Å². The van der Waals surface area contributed by atoms with Gasteiger partial charge in [-0.2, -0.15) is 0 Å². The SMILES string of the molecule is COc1cc(C)c(C(Br)C(C)S(C)(=O)=O)cc1OC. The van der Waals surface area contributed by atoms with Crippen molar-refractivity contribution in [3.05, 3.63) is 23.3 Å². The third-order valence-corrected chi connectivity index (χ3v) is 6.42. The van der Waals surface area contributed by atoms with E-state index in [-0.39, 0.29) is 4.83 Å². The van der Waals surface area contributed by atoms with Gasteiger partial charge in [-0.15, -0.1) is 0 Å². The summed E-state index contributed by atoms with van der Waals surface area (Å²) in [6.45, 7) is 3.60. The number of aryl methyl sites for hydroxylation is 1. The van der Waals surface area contributed by atoms with Gasteiger partial charge in [0, 0.05) is 6.26 Å². The van der Waals surface area contributed by atoms with E-state index < -0.39 is 15.1 Å². The van der Waals surface area contributed by atoms with Crippen LogP contribution in [0.4, 0.5) is 0 Å². The third-order valence-electron chi connectivity index (χ3n) is 3.16. The van der Waals surface area contributed by atoms with Crippen LogP contribution in [0.5, 0.6) is 11.5 Å². The summed E-state index contributed by atoms with van der Waals surface area (Å²) in [5.41, 5.74) is 1.84. The van der Waals surface area contributed by atoms with Crippen molar-refractivity contribution in [2.24, 2.45) is 0 Å². The molecule has 0 radical (unpaired) electrons. The molecule has 1 rings (SSSR count). The van der Waals surface area contributed by atoms with E-state index >= 15 is 0 Å². The molecule has 4 nitrogen and oxygen atoms in total. The molecule has 0 aliphatic rings. The molecule has 0 N–H and O–H groups in total. The molecule has 108 valence electrons. The molecule has 0 spiro atoms. The highest BCUT2D eigenvalue weighted by molar-refractivity contribution is 9.09. The van der Waals surface area contributed by atoms with Gasteiger partial charge in [-0.3, -0.25) is 0 Å². The van der Waals surface area contributed by atoms with E-state index in [1.807, 2.05) is 19.1 Å². The van der Waals surface area contributed by atoms with Gasteiger partial charge in [-0.1, -0.05) is 15.9 Å². The van der Waals surface area contributed by atoms with Gasteiger partial charge in [0.1, 0.15) is 0 Å². The summed E-state index contributed by atoms with van der Waals surface area (Å²) in [6, 6.07) is 3.66. The first-order valence-corrected chi connectivity index (χ1v) is 8.64. The number of benzene rings is 1. The monoisotopic (exact) mass is 350 g/mol. The van der Waals surface area contributed by atoms with Gasteiger partial charge < -0.3 is 9.47 Å². The van der Waals surface area contributed by atoms with Crippen LogP contribution in [-0.2, 0) is 9.84 Å². The Morgan fingerprint density at radius 1 is 1.16 bits per heavy atom. The standard InChI is InChI=1S/C13H19BrO4S/c1-8-6-11(17-3)12(18-4)7-10(8)13(14)9(2)19(5,15)16/h6-7,9,13H,1-5H3. The number of hydrogen-bond acceptors (Lipinski definition) is 4. The summed E-state index contributed by atoms with van der Waals surface area (Å²) in [4.78, 5) is -0.290. The van der Waals surface area contributed by atoms with E-state index in [1.54, 1.807) is 21.1 Å². The van der Waals surface area contributed by atoms with Crippen LogP contribution in [0.2, 0.25) is 0 Å². The zero-order valence-electron chi connectivity index (χ0n) is 11.7. The summed E-state index contributed by atoms with van der Waals surface area (Å²) < 4.78 is 33.8. The first-order valence-electron chi connectivity index (χ1n) is 5.77. The minimum Gasteiger partial charge on any atom is -0.493 e. The fourth-order valence-corrected chi connectivity index (χ4v) is 4.01. The van der Waals surface area contributed by atoms with Crippen molar-refractivity contribution in [3.8, 4) is 11.5 Å². The van der Waals surface area contributed by atoms with Crippen LogP contribution in [-0.4, -0.2) is 34.1 Å². The fraction of sp³-hybridized carbons (Fsp3) is 0.538. The second kappa shape index (κ2) is 6.13. The highest BCUT2D eigenvalue weighted by atomic mass is 79.9. The molecule has 0 bridgehead atoms. The van der Waals surface area contributed by atoms with Crippen molar-refractivity contribution in [1.29, 1.82) is 0 Å². The molecule has 0 aliphatic carbocycles. The Hall–Kier alpha value is -0.750. The molecule has 0 heterocycles. The maximum absolute atomic E-state index is 11.6. The van der Waals surface area contributed by atoms with Gasteiger partial charge in [0.25, 0.3) is 0 Å². The lowest BCUT2D eigenvalue weighted by Gasteiger charge is -2.20. The van der Waals surface area contributed by atoms with Gasteiger partial charge in [0.15, 0.2) is 21.3 Å². The van der Waals surface area contributed by atoms with Crippen molar-refractivity contribution in [3.63, 3.8) is 0 Å². The van der Waals surface area contributed by atoms with E-state index in [0.717, 1.165) is 11.1 Å². The molecule has 1 aromatic carbocycles. The molecule has 19 heavy (non-hydrogen) atoms. The van der Waals surface area contributed by atoms with E-state index in [1.165, 1.54) is 6.26 Å². The van der Waals surface area contributed by atoms with Gasteiger partial charge in [-0.25, -0.2) is 8.42 Å². The lowest BCUT2D eigenvalue weighted by atomic mass is 10.0. The summed E-state index contributed by atoms with van der Waals surface area (Å²) in [6.07, 6.45) is 1.24. The molecular weight excluding hydrogens is 332 g/mol. The Kier molecular flexibility index (Phi) is 5.26. The van der Waals surface area contributed by atoms with Crippen LogP contribution in [0.3, 0.4) is 0 Å². The number of methoxy groups -OCH3 is 2. The predicted octanol–water partition coefficient (Wildman–Crippen LogP) is 2.88. The molecule has 0 aromatic heterocycles. The highest BCUT2D eigenvalue weighted by Gasteiger charge is 2.27. The molecule has 0 amide bonds. The van der Waals surface area contributed by atoms with E-state index in [4.69, 9.17) is 9.47 Å². The van der Waals surface area contributed by atoms with Gasteiger partial charge in [0.05, 0.1) is 24.3 Å². The van der Waals surface area contributed by atoms with Crippen molar-refractivity contribution >= 4 is 25.8 Å². The largest absolute Gasteiger partial charge is 0.493 e. The third kappa shape index (κ3) is 3.63. The summed E-state index contributed by atoms with van der Waals surface area (Å²) in [5, 5.41) is -0.524. The lowest BCUT2D eigenvalue weighted by molar-refractivity contribution is 0.354. The minimum atomic E-state index is -3.12. The molecule has 6 heteroatoms.